The van der Waals surface area contributed by atoms with E-state index in [1.54, 1.807) is 0 Å². The molecule has 4 saturated carbocycles. The maximum atomic E-state index is 12.3. The summed E-state index contributed by atoms with van der Waals surface area (Å²) in [5.41, 5.74) is -0.350. The molecule has 0 bridgehead atoms. The molecule has 24 heavy (non-hydrogen) atoms. The Morgan fingerprint density at radius 2 is 1.79 bits per heavy atom. The van der Waals surface area contributed by atoms with Gasteiger partial charge in [0.15, 0.2) is 5.78 Å². The van der Waals surface area contributed by atoms with Crippen LogP contribution in [0, 0.1) is 34.5 Å². The van der Waals surface area contributed by atoms with Crippen molar-refractivity contribution in [1.29, 1.82) is 0 Å². The van der Waals surface area contributed by atoms with Crippen LogP contribution in [0.1, 0.15) is 78.6 Å². The van der Waals surface area contributed by atoms with Gasteiger partial charge in [0, 0.05) is 6.42 Å². The van der Waals surface area contributed by atoms with Gasteiger partial charge in [-0.1, -0.05) is 20.8 Å². The average Bonchev–Trinajstić information content (AvgIpc) is 2.81. The van der Waals surface area contributed by atoms with Crippen LogP contribution in [0.15, 0.2) is 0 Å². The van der Waals surface area contributed by atoms with Crippen LogP contribution in [-0.2, 0) is 4.79 Å². The zero-order valence-corrected chi connectivity index (χ0v) is 15.6. The van der Waals surface area contributed by atoms with Gasteiger partial charge in [0.1, 0.15) is 6.10 Å². The van der Waals surface area contributed by atoms with Crippen LogP contribution < -0.4 is 0 Å². The molecule has 0 aromatic heterocycles. The van der Waals surface area contributed by atoms with Crippen molar-refractivity contribution in [2.24, 2.45) is 34.5 Å². The maximum absolute atomic E-state index is 12.3. The SMILES string of the molecule is CCC1(O)CCC2C3CCC4CC(O)C(=O)CC4(C)C3CCC21C. The quantitative estimate of drug-likeness (QED) is 0.768. The standard InChI is InChI=1S/C21H34O3/c1-4-21(24)10-8-16-14-6-5-13-11-17(22)18(23)12-19(13,2)15(14)7-9-20(16,21)3/h13-17,22,24H,4-12H2,1-3H3. The van der Waals surface area contributed by atoms with Gasteiger partial charge >= 0.3 is 0 Å². The molecule has 4 rings (SSSR count). The number of fused-ring (bicyclic) bond motifs is 5. The molecule has 3 heteroatoms. The Morgan fingerprint density at radius 1 is 1.08 bits per heavy atom. The number of hydrogen-bond acceptors (Lipinski definition) is 3. The Hall–Kier alpha value is -0.410. The highest BCUT2D eigenvalue weighted by atomic mass is 16.3. The van der Waals surface area contributed by atoms with Gasteiger partial charge in [0.05, 0.1) is 5.60 Å². The van der Waals surface area contributed by atoms with Gasteiger partial charge < -0.3 is 10.2 Å². The van der Waals surface area contributed by atoms with Crippen molar-refractivity contribution < 1.29 is 15.0 Å². The Bertz CT molecular complexity index is 545. The molecule has 0 aromatic rings. The van der Waals surface area contributed by atoms with Gasteiger partial charge in [-0.25, -0.2) is 0 Å². The molecule has 0 amide bonds. The molecule has 2 N–H and O–H groups in total. The molecular formula is C21H34O3. The first-order chi connectivity index (χ1) is 11.2. The highest BCUT2D eigenvalue weighted by Gasteiger charge is 2.64. The first kappa shape index (κ1) is 17.0. The number of Topliss-reactive ketones (excluding diaryl/α,β-unsaturated/α-hetero) is 1. The van der Waals surface area contributed by atoms with E-state index in [4.69, 9.17) is 0 Å². The van der Waals surface area contributed by atoms with Crippen molar-refractivity contribution in [1.82, 2.24) is 0 Å². The predicted molar refractivity (Wildman–Crippen MR) is 93.4 cm³/mol. The van der Waals surface area contributed by atoms with E-state index in [0.29, 0.717) is 36.5 Å². The second kappa shape index (κ2) is 5.30. The zero-order chi connectivity index (χ0) is 17.3. The molecule has 0 heterocycles. The fourth-order valence-corrected chi connectivity index (χ4v) is 7.78. The van der Waals surface area contributed by atoms with E-state index in [9.17, 15) is 15.0 Å². The lowest BCUT2D eigenvalue weighted by Crippen LogP contribution is -2.57. The molecule has 8 unspecified atom stereocenters. The molecule has 4 aliphatic rings. The lowest BCUT2D eigenvalue weighted by molar-refractivity contribution is -0.167. The minimum atomic E-state index is -0.717. The van der Waals surface area contributed by atoms with Crippen LogP contribution in [0.3, 0.4) is 0 Å². The fraction of sp³-hybridized carbons (Fsp3) is 0.952. The van der Waals surface area contributed by atoms with E-state index in [1.807, 2.05) is 0 Å². The van der Waals surface area contributed by atoms with Crippen molar-refractivity contribution in [3.05, 3.63) is 0 Å². The molecule has 4 aliphatic carbocycles. The number of aliphatic hydroxyl groups excluding tert-OH is 1. The summed E-state index contributed by atoms with van der Waals surface area (Å²) in [5.74, 6) is 2.45. The Morgan fingerprint density at radius 3 is 2.50 bits per heavy atom. The van der Waals surface area contributed by atoms with Gasteiger partial charge in [-0.05, 0) is 85.9 Å². The first-order valence-electron chi connectivity index (χ1n) is 10.2. The summed E-state index contributed by atoms with van der Waals surface area (Å²) in [6.07, 6.45) is 8.13. The zero-order valence-electron chi connectivity index (χ0n) is 15.6. The lowest BCUT2D eigenvalue weighted by atomic mass is 9.44. The van der Waals surface area contributed by atoms with Gasteiger partial charge in [-0.3, -0.25) is 4.79 Å². The van der Waals surface area contributed by atoms with Crippen LogP contribution in [0.5, 0.6) is 0 Å². The maximum Gasteiger partial charge on any atom is 0.161 e. The van der Waals surface area contributed by atoms with Crippen molar-refractivity contribution in [2.45, 2.75) is 90.3 Å². The smallest absolute Gasteiger partial charge is 0.161 e. The normalized spacial score (nSPS) is 57.2. The highest BCUT2D eigenvalue weighted by molar-refractivity contribution is 5.84. The average molecular weight is 335 g/mol. The Balaban J connectivity index is 1.65. The van der Waals surface area contributed by atoms with E-state index < -0.39 is 11.7 Å². The second-order valence-electron chi connectivity index (χ2n) is 9.93. The van der Waals surface area contributed by atoms with E-state index in [-0.39, 0.29) is 16.6 Å². The summed E-state index contributed by atoms with van der Waals surface area (Å²) in [6.45, 7) is 6.82. The van der Waals surface area contributed by atoms with E-state index in [0.717, 1.165) is 38.5 Å². The second-order valence-corrected chi connectivity index (χ2v) is 9.93. The molecule has 0 radical (unpaired) electrons. The molecule has 0 saturated heterocycles. The van der Waals surface area contributed by atoms with Crippen LogP contribution in [0.2, 0.25) is 0 Å². The van der Waals surface area contributed by atoms with Crippen LogP contribution in [-0.4, -0.2) is 27.7 Å². The highest BCUT2D eigenvalue weighted by Crippen LogP contribution is 2.68. The Labute approximate surface area is 146 Å². The molecule has 3 nitrogen and oxygen atoms in total. The van der Waals surface area contributed by atoms with Gasteiger partial charge in [0.2, 0.25) is 0 Å². The van der Waals surface area contributed by atoms with E-state index in [1.165, 1.54) is 6.42 Å². The molecule has 8 atom stereocenters. The van der Waals surface area contributed by atoms with E-state index in [2.05, 4.69) is 20.8 Å². The van der Waals surface area contributed by atoms with Crippen molar-refractivity contribution in [3.63, 3.8) is 0 Å². The molecule has 0 spiro atoms. The summed E-state index contributed by atoms with van der Waals surface area (Å²) in [4.78, 5) is 12.3. The topological polar surface area (TPSA) is 57.5 Å². The summed E-state index contributed by atoms with van der Waals surface area (Å²) < 4.78 is 0. The van der Waals surface area contributed by atoms with Crippen molar-refractivity contribution in [3.8, 4) is 0 Å². The predicted octanol–water partition coefficient (Wildman–Crippen LogP) is 3.71. The van der Waals surface area contributed by atoms with Gasteiger partial charge in [0.25, 0.3) is 0 Å². The van der Waals surface area contributed by atoms with Gasteiger partial charge in [-0.2, -0.15) is 0 Å². The minimum Gasteiger partial charge on any atom is -0.389 e. The number of hydrogen-bond donors (Lipinski definition) is 2. The monoisotopic (exact) mass is 334 g/mol. The number of carbonyl (C=O) groups excluding carboxylic acids is 1. The summed E-state index contributed by atoms with van der Waals surface area (Å²) >= 11 is 0. The van der Waals surface area contributed by atoms with Crippen LogP contribution in [0.4, 0.5) is 0 Å². The van der Waals surface area contributed by atoms with Crippen molar-refractivity contribution >= 4 is 5.78 Å². The molecule has 4 fully saturated rings. The minimum absolute atomic E-state index is 0.0598. The first-order valence-corrected chi connectivity index (χ1v) is 10.2. The summed E-state index contributed by atoms with van der Waals surface area (Å²) in [6, 6.07) is 0. The number of rotatable bonds is 1. The van der Waals surface area contributed by atoms with Gasteiger partial charge in [-0.15, -0.1) is 0 Å². The third-order valence-corrected chi connectivity index (χ3v) is 9.41. The third kappa shape index (κ3) is 2.00. The van der Waals surface area contributed by atoms with Crippen molar-refractivity contribution in [2.75, 3.05) is 0 Å². The number of aliphatic hydroxyl groups is 2. The number of carbonyl (C=O) groups is 1. The molecule has 136 valence electrons. The molecular weight excluding hydrogens is 300 g/mol. The van der Waals surface area contributed by atoms with Crippen LogP contribution >= 0.6 is 0 Å². The van der Waals surface area contributed by atoms with Crippen LogP contribution in [0.25, 0.3) is 0 Å². The Kier molecular flexibility index (Phi) is 3.76. The largest absolute Gasteiger partial charge is 0.389 e. The molecule has 0 aliphatic heterocycles. The number of ketones is 1. The summed E-state index contributed by atoms with van der Waals surface area (Å²) in [5, 5.41) is 21.3. The van der Waals surface area contributed by atoms with E-state index >= 15 is 0 Å². The lowest BCUT2D eigenvalue weighted by Gasteiger charge is -2.61. The third-order valence-electron chi connectivity index (χ3n) is 9.41. The summed E-state index contributed by atoms with van der Waals surface area (Å²) in [7, 11) is 0. The molecule has 0 aromatic carbocycles. The fourth-order valence-electron chi connectivity index (χ4n) is 7.78.